The molecule has 1 aromatic heterocycles. The van der Waals surface area contributed by atoms with Gasteiger partial charge in [0.05, 0.1) is 24.3 Å². The number of alkyl halides is 3. The summed E-state index contributed by atoms with van der Waals surface area (Å²) in [5.41, 5.74) is 1.98. The molecule has 0 amide bonds. The molecular formula is C24H24F3NO4. The number of carbonyl (C=O) groups is 1. The molecule has 3 rings (SSSR count). The number of aromatic nitrogens is 1. The van der Waals surface area contributed by atoms with E-state index in [1.165, 1.54) is 12.1 Å². The first kappa shape index (κ1) is 23.4. The van der Waals surface area contributed by atoms with Crippen LogP contribution in [-0.2, 0) is 30.2 Å². The summed E-state index contributed by atoms with van der Waals surface area (Å²) in [6, 6.07) is 10.00. The Balaban J connectivity index is 1.73. The third-order valence-electron chi connectivity index (χ3n) is 4.92. The molecule has 0 bridgehead atoms. The Morgan fingerprint density at radius 3 is 2.47 bits per heavy atom. The molecule has 0 radical (unpaired) electrons. The van der Waals surface area contributed by atoms with Crippen molar-refractivity contribution in [1.29, 1.82) is 0 Å². The van der Waals surface area contributed by atoms with Crippen molar-refractivity contribution in [3.8, 4) is 17.2 Å². The van der Waals surface area contributed by atoms with Crippen LogP contribution in [0.2, 0.25) is 0 Å². The predicted octanol–water partition coefficient (Wildman–Crippen LogP) is 5.87. The van der Waals surface area contributed by atoms with Crippen molar-refractivity contribution < 1.29 is 32.2 Å². The fourth-order valence-electron chi connectivity index (χ4n) is 3.27. The number of aryl methyl sites for hydroxylation is 2. The number of oxazole rings is 1. The van der Waals surface area contributed by atoms with Crippen LogP contribution < -0.4 is 4.74 Å². The van der Waals surface area contributed by atoms with Crippen molar-refractivity contribution in [2.24, 2.45) is 0 Å². The largest absolute Gasteiger partial charge is 0.493 e. The van der Waals surface area contributed by atoms with E-state index in [1.807, 2.05) is 19.9 Å². The van der Waals surface area contributed by atoms with Crippen LogP contribution in [0.3, 0.4) is 0 Å². The van der Waals surface area contributed by atoms with Crippen LogP contribution in [0.4, 0.5) is 13.2 Å². The molecular weight excluding hydrogens is 423 g/mol. The van der Waals surface area contributed by atoms with Gasteiger partial charge in [-0.15, -0.1) is 0 Å². The van der Waals surface area contributed by atoms with E-state index >= 15 is 0 Å². The van der Waals surface area contributed by atoms with Crippen LogP contribution in [0, 0.1) is 6.92 Å². The second kappa shape index (κ2) is 9.89. The van der Waals surface area contributed by atoms with Crippen molar-refractivity contribution >= 4 is 5.97 Å². The van der Waals surface area contributed by atoms with Crippen molar-refractivity contribution in [3.63, 3.8) is 0 Å². The molecule has 170 valence electrons. The van der Waals surface area contributed by atoms with E-state index in [1.54, 1.807) is 12.1 Å². The first-order chi connectivity index (χ1) is 15.2. The number of carboxylic acids is 1. The molecule has 8 heteroatoms. The Kier molecular flexibility index (Phi) is 7.22. The SMILES string of the molecule is CCCc1oc(-c2ccc(C(F)(F)F)cc2)nc1CCOc1cc(CC(=O)O)ccc1C. The van der Waals surface area contributed by atoms with E-state index in [-0.39, 0.29) is 12.3 Å². The van der Waals surface area contributed by atoms with E-state index in [0.717, 1.165) is 24.1 Å². The molecule has 0 aliphatic rings. The van der Waals surface area contributed by atoms with Gasteiger partial charge in [-0.05, 0) is 54.8 Å². The lowest BCUT2D eigenvalue weighted by Crippen LogP contribution is -2.06. The average molecular weight is 447 g/mol. The molecule has 2 aromatic carbocycles. The minimum absolute atomic E-state index is 0.0862. The third-order valence-corrected chi connectivity index (χ3v) is 4.92. The van der Waals surface area contributed by atoms with Crippen LogP contribution in [0.15, 0.2) is 46.9 Å². The smallest absolute Gasteiger partial charge is 0.416 e. The maximum atomic E-state index is 12.8. The molecule has 1 N–H and O–H groups in total. The number of halogens is 3. The maximum absolute atomic E-state index is 12.8. The van der Waals surface area contributed by atoms with Gasteiger partial charge in [-0.25, -0.2) is 4.98 Å². The van der Waals surface area contributed by atoms with Gasteiger partial charge in [0, 0.05) is 18.4 Å². The van der Waals surface area contributed by atoms with E-state index in [0.29, 0.717) is 47.8 Å². The van der Waals surface area contributed by atoms with Crippen LogP contribution in [0.1, 0.15) is 41.5 Å². The molecule has 0 aliphatic heterocycles. The fourth-order valence-corrected chi connectivity index (χ4v) is 3.27. The number of hydrogen-bond donors (Lipinski definition) is 1. The topological polar surface area (TPSA) is 72.6 Å². The second-order valence-corrected chi connectivity index (χ2v) is 7.48. The van der Waals surface area contributed by atoms with Crippen molar-refractivity contribution in [3.05, 3.63) is 70.6 Å². The Labute approximate surface area is 183 Å². The van der Waals surface area contributed by atoms with Gasteiger partial charge in [0.15, 0.2) is 0 Å². The monoisotopic (exact) mass is 447 g/mol. The summed E-state index contributed by atoms with van der Waals surface area (Å²) < 4.78 is 50.1. The minimum atomic E-state index is -4.40. The molecule has 0 saturated carbocycles. The zero-order valence-electron chi connectivity index (χ0n) is 17.8. The van der Waals surface area contributed by atoms with Gasteiger partial charge in [0.2, 0.25) is 5.89 Å². The lowest BCUT2D eigenvalue weighted by atomic mass is 10.1. The van der Waals surface area contributed by atoms with Gasteiger partial charge in [-0.1, -0.05) is 19.1 Å². The minimum Gasteiger partial charge on any atom is -0.493 e. The Bertz CT molecular complexity index is 1070. The quantitative estimate of drug-likeness (QED) is 0.444. The van der Waals surface area contributed by atoms with E-state index in [9.17, 15) is 18.0 Å². The Morgan fingerprint density at radius 1 is 1.12 bits per heavy atom. The maximum Gasteiger partial charge on any atom is 0.416 e. The fraction of sp³-hybridized carbons (Fsp3) is 0.333. The number of rotatable bonds is 9. The first-order valence-corrected chi connectivity index (χ1v) is 10.3. The summed E-state index contributed by atoms with van der Waals surface area (Å²) in [6.07, 6.45) is -2.56. The number of benzene rings is 2. The summed E-state index contributed by atoms with van der Waals surface area (Å²) in [4.78, 5) is 15.4. The number of hydrogen-bond acceptors (Lipinski definition) is 4. The Hall–Kier alpha value is -3.29. The molecule has 5 nitrogen and oxygen atoms in total. The summed E-state index contributed by atoms with van der Waals surface area (Å²) in [6.45, 7) is 4.17. The average Bonchev–Trinajstić information content (AvgIpc) is 3.12. The van der Waals surface area contributed by atoms with Gasteiger partial charge in [0.25, 0.3) is 0 Å². The molecule has 0 saturated heterocycles. The van der Waals surface area contributed by atoms with Crippen molar-refractivity contribution in [1.82, 2.24) is 4.98 Å². The zero-order chi connectivity index (χ0) is 23.3. The first-order valence-electron chi connectivity index (χ1n) is 10.3. The highest BCUT2D eigenvalue weighted by Gasteiger charge is 2.30. The van der Waals surface area contributed by atoms with Gasteiger partial charge in [0.1, 0.15) is 11.5 Å². The van der Waals surface area contributed by atoms with Crippen LogP contribution in [0.25, 0.3) is 11.5 Å². The van der Waals surface area contributed by atoms with Crippen molar-refractivity contribution in [2.75, 3.05) is 6.61 Å². The standard InChI is InChI=1S/C24H24F3NO4/c1-3-4-20-19(11-12-31-21-13-16(14-22(29)30)6-5-15(21)2)28-23(32-20)17-7-9-18(10-8-17)24(25,26)27/h5-10,13H,3-4,11-12,14H2,1-2H3,(H,29,30). The van der Waals surface area contributed by atoms with Gasteiger partial charge >= 0.3 is 12.1 Å². The van der Waals surface area contributed by atoms with Crippen molar-refractivity contribution in [2.45, 2.75) is 45.7 Å². The Morgan fingerprint density at radius 2 is 1.84 bits per heavy atom. The molecule has 0 atom stereocenters. The zero-order valence-corrected chi connectivity index (χ0v) is 17.8. The molecule has 0 fully saturated rings. The number of aliphatic carboxylic acids is 1. The van der Waals surface area contributed by atoms with Crippen LogP contribution in [0.5, 0.6) is 5.75 Å². The molecule has 3 aromatic rings. The number of ether oxygens (including phenoxy) is 1. The molecule has 1 heterocycles. The van der Waals surface area contributed by atoms with Crippen LogP contribution in [-0.4, -0.2) is 22.7 Å². The van der Waals surface area contributed by atoms with E-state index in [4.69, 9.17) is 14.3 Å². The predicted molar refractivity (Wildman–Crippen MR) is 113 cm³/mol. The van der Waals surface area contributed by atoms with E-state index in [2.05, 4.69) is 4.98 Å². The number of carboxylic acid groups (broad SMARTS) is 1. The highest BCUT2D eigenvalue weighted by molar-refractivity contribution is 5.70. The van der Waals surface area contributed by atoms with Gasteiger partial charge < -0.3 is 14.3 Å². The third kappa shape index (κ3) is 5.90. The number of nitrogens with zero attached hydrogens (tertiary/aromatic N) is 1. The highest BCUT2D eigenvalue weighted by Crippen LogP contribution is 2.31. The molecule has 0 spiro atoms. The lowest BCUT2D eigenvalue weighted by molar-refractivity contribution is -0.138. The summed E-state index contributed by atoms with van der Waals surface area (Å²) in [5, 5.41) is 8.97. The molecule has 0 unspecified atom stereocenters. The van der Waals surface area contributed by atoms with E-state index < -0.39 is 17.7 Å². The molecule has 0 aliphatic carbocycles. The van der Waals surface area contributed by atoms with Crippen LogP contribution >= 0.6 is 0 Å². The molecule has 32 heavy (non-hydrogen) atoms. The van der Waals surface area contributed by atoms with Gasteiger partial charge in [-0.3, -0.25) is 4.79 Å². The van der Waals surface area contributed by atoms with Gasteiger partial charge in [-0.2, -0.15) is 13.2 Å². The second-order valence-electron chi connectivity index (χ2n) is 7.48. The summed E-state index contributed by atoms with van der Waals surface area (Å²) in [5.74, 6) is 0.647. The summed E-state index contributed by atoms with van der Waals surface area (Å²) in [7, 11) is 0. The highest BCUT2D eigenvalue weighted by atomic mass is 19.4. The lowest BCUT2D eigenvalue weighted by Gasteiger charge is -2.10. The normalized spacial score (nSPS) is 11.5. The summed E-state index contributed by atoms with van der Waals surface area (Å²) >= 11 is 0.